The van der Waals surface area contributed by atoms with Gasteiger partial charge in [0.15, 0.2) is 0 Å². The molecule has 0 amide bonds. The van der Waals surface area contributed by atoms with E-state index in [1.165, 1.54) is 0 Å². The van der Waals surface area contributed by atoms with Crippen LogP contribution in [0, 0.1) is 11.8 Å². The predicted octanol–water partition coefficient (Wildman–Crippen LogP) is 1.13. The number of hydrogen-bond donors (Lipinski definition) is 2. The number of aliphatic carboxylic acids is 1. The normalized spacial score (nSPS) is 23.4. The van der Waals surface area contributed by atoms with Gasteiger partial charge >= 0.3 is 5.97 Å². The summed E-state index contributed by atoms with van der Waals surface area (Å²) in [5.74, 6) is -0.508. The molecule has 1 fully saturated rings. The molecule has 1 saturated carbocycles. The second-order valence-electron chi connectivity index (χ2n) is 4.80. The maximum Gasteiger partial charge on any atom is 0.306 e. The Bertz CT molecular complexity index is 235. The zero-order valence-electron chi connectivity index (χ0n) is 11.2. The van der Waals surface area contributed by atoms with Gasteiger partial charge in [0.05, 0.1) is 12.5 Å². The first-order chi connectivity index (χ1) is 8.75. The van der Waals surface area contributed by atoms with E-state index in [1.54, 1.807) is 7.11 Å². The first kappa shape index (κ1) is 15.4. The molecule has 0 heterocycles. The monoisotopic (exact) mass is 259 g/mol. The smallest absolute Gasteiger partial charge is 0.306 e. The maximum atomic E-state index is 11.0. The van der Waals surface area contributed by atoms with Crippen molar-refractivity contribution in [1.82, 2.24) is 5.32 Å². The van der Waals surface area contributed by atoms with Crippen LogP contribution in [0.15, 0.2) is 0 Å². The van der Waals surface area contributed by atoms with Gasteiger partial charge in [-0.15, -0.1) is 0 Å². The average Bonchev–Trinajstić information content (AvgIpc) is 2.81. The molecule has 1 aliphatic carbocycles. The summed E-state index contributed by atoms with van der Waals surface area (Å²) in [6.07, 6.45) is 3.81. The van der Waals surface area contributed by atoms with E-state index in [9.17, 15) is 4.79 Å². The van der Waals surface area contributed by atoms with Crippen LogP contribution in [-0.4, -0.2) is 51.1 Å². The average molecular weight is 259 g/mol. The molecule has 0 aromatic carbocycles. The van der Waals surface area contributed by atoms with E-state index >= 15 is 0 Å². The molecule has 1 rings (SSSR count). The molecule has 0 spiro atoms. The summed E-state index contributed by atoms with van der Waals surface area (Å²) in [5.41, 5.74) is 0. The van der Waals surface area contributed by atoms with Gasteiger partial charge in [0.25, 0.3) is 0 Å². The molecule has 2 N–H and O–H groups in total. The Labute approximate surface area is 109 Å². The topological polar surface area (TPSA) is 67.8 Å². The van der Waals surface area contributed by atoms with Crippen LogP contribution in [-0.2, 0) is 14.3 Å². The Kier molecular flexibility index (Phi) is 7.96. The van der Waals surface area contributed by atoms with Crippen molar-refractivity contribution in [3.8, 4) is 0 Å². The summed E-state index contributed by atoms with van der Waals surface area (Å²) >= 11 is 0. The minimum Gasteiger partial charge on any atom is -0.481 e. The highest BCUT2D eigenvalue weighted by atomic mass is 16.5. The second kappa shape index (κ2) is 9.30. The van der Waals surface area contributed by atoms with Crippen LogP contribution in [0.4, 0.5) is 0 Å². The van der Waals surface area contributed by atoms with Gasteiger partial charge in [-0.2, -0.15) is 0 Å². The summed E-state index contributed by atoms with van der Waals surface area (Å²) in [6.45, 7) is 3.70. The molecule has 0 aromatic heterocycles. The van der Waals surface area contributed by atoms with Gasteiger partial charge in [0.1, 0.15) is 0 Å². The highest BCUT2D eigenvalue weighted by Crippen LogP contribution is 2.31. The fourth-order valence-corrected chi connectivity index (χ4v) is 2.45. The third-order valence-corrected chi connectivity index (χ3v) is 3.44. The Morgan fingerprint density at radius 2 is 2.17 bits per heavy atom. The molecular weight excluding hydrogens is 234 g/mol. The maximum absolute atomic E-state index is 11.0. The van der Waals surface area contributed by atoms with E-state index < -0.39 is 5.97 Å². The van der Waals surface area contributed by atoms with Crippen LogP contribution in [0.3, 0.4) is 0 Å². The number of hydrogen-bond acceptors (Lipinski definition) is 4. The van der Waals surface area contributed by atoms with Crippen LogP contribution in [0.1, 0.15) is 25.7 Å². The number of nitrogens with one attached hydrogen (secondary N) is 1. The fraction of sp³-hybridized carbons (Fsp3) is 0.923. The highest BCUT2D eigenvalue weighted by Gasteiger charge is 2.32. The van der Waals surface area contributed by atoms with Gasteiger partial charge in [-0.25, -0.2) is 0 Å². The first-order valence-electron chi connectivity index (χ1n) is 6.76. The van der Waals surface area contributed by atoms with Gasteiger partial charge < -0.3 is 19.9 Å². The number of rotatable bonds is 10. The Morgan fingerprint density at radius 1 is 1.33 bits per heavy atom. The zero-order valence-corrected chi connectivity index (χ0v) is 11.2. The molecule has 2 atom stereocenters. The van der Waals surface area contributed by atoms with Crippen molar-refractivity contribution in [2.24, 2.45) is 11.8 Å². The molecule has 2 unspecified atom stereocenters. The number of ether oxygens (including phenoxy) is 2. The molecule has 0 aliphatic heterocycles. The molecule has 0 aromatic rings. The Hall–Kier alpha value is -0.650. The van der Waals surface area contributed by atoms with Crippen molar-refractivity contribution < 1.29 is 19.4 Å². The van der Waals surface area contributed by atoms with E-state index in [-0.39, 0.29) is 11.8 Å². The lowest BCUT2D eigenvalue weighted by Gasteiger charge is -2.16. The second-order valence-corrected chi connectivity index (χ2v) is 4.80. The van der Waals surface area contributed by atoms with Crippen LogP contribution in [0.2, 0.25) is 0 Å². The quantitative estimate of drug-likeness (QED) is 0.576. The van der Waals surface area contributed by atoms with Crippen LogP contribution in [0.25, 0.3) is 0 Å². The highest BCUT2D eigenvalue weighted by molar-refractivity contribution is 5.70. The van der Waals surface area contributed by atoms with Gasteiger partial charge in [0.2, 0.25) is 0 Å². The first-order valence-corrected chi connectivity index (χ1v) is 6.76. The van der Waals surface area contributed by atoms with Crippen LogP contribution < -0.4 is 5.32 Å². The van der Waals surface area contributed by atoms with Crippen LogP contribution >= 0.6 is 0 Å². The summed E-state index contributed by atoms with van der Waals surface area (Å²) in [5, 5.41) is 12.3. The van der Waals surface area contributed by atoms with E-state index in [2.05, 4.69) is 5.32 Å². The third-order valence-electron chi connectivity index (χ3n) is 3.44. The molecule has 106 valence electrons. The van der Waals surface area contributed by atoms with Gasteiger partial charge in [-0.1, -0.05) is 6.42 Å². The molecular formula is C13H25NO4. The SMILES string of the molecule is COCCCOCCNCC1CCCC1C(=O)O. The lowest BCUT2D eigenvalue weighted by molar-refractivity contribution is -0.142. The lowest BCUT2D eigenvalue weighted by atomic mass is 9.96. The van der Waals surface area contributed by atoms with Crippen LogP contribution in [0.5, 0.6) is 0 Å². The van der Waals surface area contributed by atoms with Gasteiger partial charge in [0, 0.05) is 26.9 Å². The standard InChI is InChI=1S/C13H25NO4/c1-17-7-3-8-18-9-6-14-10-11-4-2-5-12(11)13(15)16/h11-12,14H,2-10H2,1H3,(H,15,16). The summed E-state index contributed by atoms with van der Waals surface area (Å²) in [6, 6.07) is 0. The van der Waals surface area contributed by atoms with Crippen molar-refractivity contribution in [3.05, 3.63) is 0 Å². The lowest BCUT2D eigenvalue weighted by Crippen LogP contribution is -2.31. The molecule has 0 radical (unpaired) electrons. The van der Waals surface area contributed by atoms with Crippen molar-refractivity contribution in [2.75, 3.05) is 40.0 Å². The Balaban J connectivity index is 1.96. The third kappa shape index (κ3) is 5.80. The number of methoxy groups -OCH3 is 1. The van der Waals surface area contributed by atoms with E-state index in [0.717, 1.165) is 52.0 Å². The van der Waals surface area contributed by atoms with Crippen molar-refractivity contribution >= 4 is 5.97 Å². The molecule has 18 heavy (non-hydrogen) atoms. The molecule has 0 bridgehead atoms. The van der Waals surface area contributed by atoms with E-state index in [0.29, 0.717) is 6.61 Å². The Morgan fingerprint density at radius 3 is 2.89 bits per heavy atom. The van der Waals surface area contributed by atoms with E-state index in [1.807, 2.05) is 0 Å². The fourth-order valence-electron chi connectivity index (χ4n) is 2.45. The van der Waals surface area contributed by atoms with Crippen molar-refractivity contribution in [2.45, 2.75) is 25.7 Å². The molecule has 5 heteroatoms. The largest absolute Gasteiger partial charge is 0.481 e. The number of carboxylic acids is 1. The zero-order chi connectivity index (χ0) is 13.2. The predicted molar refractivity (Wildman–Crippen MR) is 68.6 cm³/mol. The van der Waals surface area contributed by atoms with Gasteiger partial charge in [-0.05, 0) is 31.7 Å². The summed E-state index contributed by atoms with van der Waals surface area (Å²) < 4.78 is 10.3. The minimum absolute atomic E-state index is 0.153. The molecule has 1 aliphatic rings. The molecule has 0 saturated heterocycles. The minimum atomic E-state index is -0.643. The number of carboxylic acid groups (broad SMARTS) is 1. The van der Waals surface area contributed by atoms with Gasteiger partial charge in [-0.3, -0.25) is 4.79 Å². The summed E-state index contributed by atoms with van der Waals surface area (Å²) in [7, 11) is 1.68. The van der Waals surface area contributed by atoms with E-state index in [4.69, 9.17) is 14.6 Å². The number of carbonyl (C=O) groups is 1. The summed E-state index contributed by atoms with van der Waals surface area (Å²) in [4.78, 5) is 11.0. The van der Waals surface area contributed by atoms with Crippen molar-refractivity contribution in [3.63, 3.8) is 0 Å². The van der Waals surface area contributed by atoms with Crippen molar-refractivity contribution in [1.29, 1.82) is 0 Å². The molecule has 5 nitrogen and oxygen atoms in total.